The molecular formula is C19H25NO3. The molecule has 2 rings (SSSR count). The minimum absolute atomic E-state index is 0.164. The van der Waals surface area contributed by atoms with Crippen molar-refractivity contribution in [2.75, 3.05) is 20.8 Å². The molecule has 124 valence electrons. The Morgan fingerprint density at radius 2 is 1.65 bits per heavy atom. The van der Waals surface area contributed by atoms with Crippen LogP contribution in [0.25, 0.3) is 0 Å². The number of hydrogen-bond donors (Lipinski definition) is 2. The first-order valence-corrected chi connectivity index (χ1v) is 7.74. The summed E-state index contributed by atoms with van der Waals surface area (Å²) in [5.41, 5.74) is 3.21. The molecule has 4 nitrogen and oxygen atoms in total. The molecule has 4 heteroatoms. The molecule has 2 aromatic rings. The maximum atomic E-state index is 10.4. The predicted octanol–water partition coefficient (Wildman–Crippen LogP) is 3.40. The first kappa shape index (κ1) is 17.3. The SMILES string of the molecule is COc1cc(OC)cc(C(O)CNC(C)c2cccc(C)c2)c1. The van der Waals surface area contributed by atoms with Gasteiger partial charge in [0.25, 0.3) is 0 Å². The summed E-state index contributed by atoms with van der Waals surface area (Å²) in [6, 6.07) is 14.0. The highest BCUT2D eigenvalue weighted by Gasteiger charge is 2.13. The number of aliphatic hydroxyl groups excluding tert-OH is 1. The van der Waals surface area contributed by atoms with Gasteiger partial charge in [0.15, 0.2) is 0 Å². The van der Waals surface area contributed by atoms with Crippen LogP contribution in [0.1, 0.15) is 35.8 Å². The van der Waals surface area contributed by atoms with E-state index >= 15 is 0 Å². The summed E-state index contributed by atoms with van der Waals surface area (Å²) in [6.07, 6.45) is -0.633. The quantitative estimate of drug-likeness (QED) is 0.822. The molecule has 2 unspecified atom stereocenters. The molecule has 0 radical (unpaired) electrons. The Balaban J connectivity index is 2.03. The van der Waals surface area contributed by atoms with Crippen LogP contribution in [0, 0.1) is 6.92 Å². The zero-order chi connectivity index (χ0) is 16.8. The zero-order valence-corrected chi connectivity index (χ0v) is 14.2. The molecule has 0 bridgehead atoms. The predicted molar refractivity (Wildman–Crippen MR) is 92.1 cm³/mol. The van der Waals surface area contributed by atoms with Crippen LogP contribution >= 0.6 is 0 Å². The molecule has 0 aliphatic heterocycles. The van der Waals surface area contributed by atoms with Crippen molar-refractivity contribution in [3.63, 3.8) is 0 Å². The lowest BCUT2D eigenvalue weighted by Gasteiger charge is -2.19. The minimum atomic E-state index is -0.633. The van der Waals surface area contributed by atoms with Gasteiger partial charge in [-0.1, -0.05) is 29.8 Å². The van der Waals surface area contributed by atoms with Gasteiger partial charge in [-0.3, -0.25) is 0 Å². The summed E-state index contributed by atoms with van der Waals surface area (Å²) in [7, 11) is 3.20. The van der Waals surface area contributed by atoms with Crippen LogP contribution in [0.2, 0.25) is 0 Å². The van der Waals surface area contributed by atoms with Crippen LogP contribution in [0.15, 0.2) is 42.5 Å². The van der Waals surface area contributed by atoms with Gasteiger partial charge in [0.2, 0.25) is 0 Å². The van der Waals surface area contributed by atoms with E-state index in [1.807, 2.05) is 18.2 Å². The standard InChI is InChI=1S/C19H25NO3/c1-13-6-5-7-15(8-13)14(2)20-12-19(21)16-9-17(22-3)11-18(10-16)23-4/h5-11,14,19-21H,12H2,1-4H3. The van der Waals surface area contributed by atoms with E-state index < -0.39 is 6.10 Å². The summed E-state index contributed by atoms with van der Waals surface area (Å²) in [4.78, 5) is 0. The Hall–Kier alpha value is -2.04. The highest BCUT2D eigenvalue weighted by atomic mass is 16.5. The summed E-state index contributed by atoms with van der Waals surface area (Å²) < 4.78 is 10.5. The van der Waals surface area contributed by atoms with Gasteiger partial charge in [-0.25, -0.2) is 0 Å². The molecule has 0 amide bonds. The van der Waals surface area contributed by atoms with E-state index in [1.165, 1.54) is 11.1 Å². The van der Waals surface area contributed by atoms with Crippen molar-refractivity contribution in [3.8, 4) is 11.5 Å². The number of ether oxygens (including phenoxy) is 2. The smallest absolute Gasteiger partial charge is 0.122 e. The molecule has 0 aliphatic rings. The van der Waals surface area contributed by atoms with E-state index in [1.54, 1.807) is 20.3 Å². The summed E-state index contributed by atoms with van der Waals surface area (Å²) in [6.45, 7) is 4.62. The highest BCUT2D eigenvalue weighted by Crippen LogP contribution is 2.26. The first-order valence-electron chi connectivity index (χ1n) is 7.74. The molecule has 0 aliphatic carbocycles. The fraction of sp³-hybridized carbons (Fsp3) is 0.368. The van der Waals surface area contributed by atoms with Gasteiger partial charge in [0, 0.05) is 18.7 Å². The van der Waals surface area contributed by atoms with Crippen molar-refractivity contribution in [1.82, 2.24) is 5.32 Å². The van der Waals surface area contributed by atoms with Crippen molar-refractivity contribution in [3.05, 3.63) is 59.2 Å². The zero-order valence-electron chi connectivity index (χ0n) is 14.2. The van der Waals surface area contributed by atoms with Crippen LogP contribution in [-0.2, 0) is 0 Å². The van der Waals surface area contributed by atoms with Gasteiger partial charge in [-0.2, -0.15) is 0 Å². The number of hydrogen-bond acceptors (Lipinski definition) is 4. The molecule has 23 heavy (non-hydrogen) atoms. The Morgan fingerprint density at radius 1 is 1.00 bits per heavy atom. The lowest BCUT2D eigenvalue weighted by Crippen LogP contribution is -2.24. The van der Waals surface area contributed by atoms with Crippen molar-refractivity contribution < 1.29 is 14.6 Å². The van der Waals surface area contributed by atoms with Gasteiger partial charge in [0.05, 0.1) is 20.3 Å². The number of methoxy groups -OCH3 is 2. The third kappa shape index (κ3) is 4.71. The van der Waals surface area contributed by atoms with Crippen molar-refractivity contribution >= 4 is 0 Å². The second kappa shape index (κ2) is 7.99. The van der Waals surface area contributed by atoms with Gasteiger partial charge in [0.1, 0.15) is 11.5 Å². The van der Waals surface area contributed by atoms with E-state index in [9.17, 15) is 5.11 Å². The minimum Gasteiger partial charge on any atom is -0.497 e. The molecule has 0 fully saturated rings. The number of nitrogens with one attached hydrogen (secondary N) is 1. The normalized spacial score (nSPS) is 13.4. The monoisotopic (exact) mass is 315 g/mol. The summed E-state index contributed by atoms with van der Waals surface area (Å²) in [5.74, 6) is 1.34. The summed E-state index contributed by atoms with van der Waals surface area (Å²) in [5, 5.41) is 13.8. The maximum absolute atomic E-state index is 10.4. The Bertz CT molecular complexity index is 620. The Labute approximate surface area is 138 Å². The van der Waals surface area contributed by atoms with Gasteiger partial charge in [-0.15, -0.1) is 0 Å². The molecule has 2 N–H and O–H groups in total. The first-order chi connectivity index (χ1) is 11.0. The Kier molecular flexibility index (Phi) is 6.02. The largest absolute Gasteiger partial charge is 0.497 e. The van der Waals surface area contributed by atoms with Gasteiger partial charge >= 0.3 is 0 Å². The lowest BCUT2D eigenvalue weighted by molar-refractivity contribution is 0.170. The van der Waals surface area contributed by atoms with Crippen LogP contribution in [0.4, 0.5) is 0 Å². The number of aryl methyl sites for hydroxylation is 1. The van der Waals surface area contributed by atoms with E-state index in [0.29, 0.717) is 18.0 Å². The van der Waals surface area contributed by atoms with Crippen LogP contribution in [0.5, 0.6) is 11.5 Å². The van der Waals surface area contributed by atoms with Crippen molar-refractivity contribution in [1.29, 1.82) is 0 Å². The molecule has 0 saturated carbocycles. The second-order valence-electron chi connectivity index (χ2n) is 5.71. The average Bonchev–Trinajstić information content (AvgIpc) is 2.58. The molecule has 0 saturated heterocycles. The number of rotatable bonds is 7. The fourth-order valence-corrected chi connectivity index (χ4v) is 2.49. The second-order valence-corrected chi connectivity index (χ2v) is 5.71. The van der Waals surface area contributed by atoms with Crippen LogP contribution in [0.3, 0.4) is 0 Å². The third-order valence-electron chi connectivity index (χ3n) is 3.92. The third-order valence-corrected chi connectivity index (χ3v) is 3.92. The van der Waals surface area contributed by atoms with E-state index in [2.05, 4.69) is 37.4 Å². The number of benzene rings is 2. The van der Waals surface area contributed by atoms with Crippen LogP contribution in [-0.4, -0.2) is 25.9 Å². The van der Waals surface area contributed by atoms with E-state index in [0.717, 1.165) is 5.56 Å². The van der Waals surface area contributed by atoms with Crippen LogP contribution < -0.4 is 14.8 Å². The fourth-order valence-electron chi connectivity index (χ4n) is 2.49. The van der Waals surface area contributed by atoms with E-state index in [4.69, 9.17) is 9.47 Å². The van der Waals surface area contributed by atoms with Crippen molar-refractivity contribution in [2.45, 2.75) is 26.0 Å². The summed E-state index contributed by atoms with van der Waals surface area (Å²) >= 11 is 0. The maximum Gasteiger partial charge on any atom is 0.122 e. The molecule has 0 aromatic heterocycles. The van der Waals surface area contributed by atoms with Gasteiger partial charge in [-0.05, 0) is 37.1 Å². The Morgan fingerprint density at radius 3 is 2.22 bits per heavy atom. The lowest BCUT2D eigenvalue weighted by atomic mass is 10.0. The van der Waals surface area contributed by atoms with E-state index in [-0.39, 0.29) is 6.04 Å². The molecule has 2 atom stereocenters. The number of aliphatic hydroxyl groups is 1. The topological polar surface area (TPSA) is 50.7 Å². The highest BCUT2D eigenvalue weighted by molar-refractivity contribution is 5.39. The molecule has 2 aromatic carbocycles. The van der Waals surface area contributed by atoms with Gasteiger partial charge < -0.3 is 19.9 Å². The van der Waals surface area contributed by atoms with Crippen molar-refractivity contribution in [2.24, 2.45) is 0 Å². The molecular weight excluding hydrogens is 290 g/mol. The average molecular weight is 315 g/mol. The molecule has 0 spiro atoms. The molecule has 0 heterocycles.